The summed E-state index contributed by atoms with van der Waals surface area (Å²) in [6.45, 7) is 2.12. The van der Waals surface area contributed by atoms with Crippen LogP contribution >= 0.6 is 0 Å². The van der Waals surface area contributed by atoms with Crippen LogP contribution in [0.4, 0.5) is 0 Å². The fourth-order valence-corrected chi connectivity index (χ4v) is 4.15. The minimum Gasteiger partial charge on any atom is -0.459 e. The van der Waals surface area contributed by atoms with Crippen LogP contribution in [-0.4, -0.2) is 22.9 Å². The van der Waals surface area contributed by atoms with Gasteiger partial charge in [-0.25, -0.2) is 0 Å². The third-order valence-corrected chi connectivity index (χ3v) is 5.25. The summed E-state index contributed by atoms with van der Waals surface area (Å²) < 4.78 is 5.31. The average molecular weight is 295 g/mol. The molecule has 2 saturated heterocycles. The molecule has 2 aliphatic rings. The summed E-state index contributed by atoms with van der Waals surface area (Å²) >= 11 is 0. The number of rotatable bonds is 2. The van der Waals surface area contributed by atoms with Crippen molar-refractivity contribution < 1.29 is 9.21 Å². The maximum Gasteiger partial charge on any atom is 0.290 e. The first-order valence-corrected chi connectivity index (χ1v) is 8.15. The Bertz CT molecular complexity index is 645. The Morgan fingerprint density at radius 3 is 2.36 bits per heavy atom. The Balaban J connectivity index is 1.54. The van der Waals surface area contributed by atoms with Gasteiger partial charge in [-0.3, -0.25) is 4.79 Å². The van der Waals surface area contributed by atoms with Gasteiger partial charge in [-0.2, -0.15) is 0 Å². The summed E-state index contributed by atoms with van der Waals surface area (Å²) in [6.07, 6.45) is 5.98. The van der Waals surface area contributed by atoms with E-state index in [9.17, 15) is 4.79 Å². The molecule has 0 radical (unpaired) electrons. The molecule has 0 aliphatic carbocycles. The van der Waals surface area contributed by atoms with Crippen LogP contribution < -0.4 is 0 Å². The lowest BCUT2D eigenvalue weighted by Crippen LogP contribution is -2.45. The number of aryl methyl sites for hydroxylation is 1. The SMILES string of the molecule is Cc1ccc(C2CC3CCC(C2)N3C(=O)c2ccco2)cc1. The lowest BCUT2D eigenvalue weighted by molar-refractivity contribution is 0.0539. The van der Waals surface area contributed by atoms with Crippen LogP contribution in [0, 0.1) is 6.92 Å². The molecule has 2 fully saturated rings. The number of fused-ring (bicyclic) bond motifs is 2. The summed E-state index contributed by atoms with van der Waals surface area (Å²) in [7, 11) is 0. The molecule has 2 atom stereocenters. The minimum atomic E-state index is 0.0693. The van der Waals surface area contributed by atoms with Crippen molar-refractivity contribution in [2.75, 3.05) is 0 Å². The highest BCUT2D eigenvalue weighted by Crippen LogP contribution is 2.43. The van der Waals surface area contributed by atoms with Crippen LogP contribution in [0.25, 0.3) is 0 Å². The molecule has 2 aliphatic heterocycles. The first-order valence-electron chi connectivity index (χ1n) is 8.15. The van der Waals surface area contributed by atoms with Gasteiger partial charge in [-0.1, -0.05) is 29.8 Å². The van der Waals surface area contributed by atoms with Crippen LogP contribution in [0.3, 0.4) is 0 Å². The second-order valence-corrected chi connectivity index (χ2v) is 6.65. The summed E-state index contributed by atoms with van der Waals surface area (Å²) in [4.78, 5) is 14.7. The Hall–Kier alpha value is -2.03. The monoisotopic (exact) mass is 295 g/mol. The molecule has 0 N–H and O–H groups in total. The maximum atomic E-state index is 12.6. The fourth-order valence-electron chi connectivity index (χ4n) is 4.15. The lowest BCUT2D eigenvalue weighted by Gasteiger charge is -2.38. The van der Waals surface area contributed by atoms with Crippen molar-refractivity contribution in [1.29, 1.82) is 0 Å². The smallest absolute Gasteiger partial charge is 0.290 e. The van der Waals surface area contributed by atoms with E-state index in [-0.39, 0.29) is 5.91 Å². The van der Waals surface area contributed by atoms with Gasteiger partial charge in [0.25, 0.3) is 5.91 Å². The van der Waals surface area contributed by atoms with Gasteiger partial charge >= 0.3 is 0 Å². The number of piperidine rings is 1. The van der Waals surface area contributed by atoms with Crippen LogP contribution in [0.5, 0.6) is 0 Å². The number of nitrogens with zero attached hydrogens (tertiary/aromatic N) is 1. The standard InChI is InChI=1S/C19H21NO2/c1-13-4-6-14(7-5-13)15-11-16-8-9-17(12-15)20(16)19(21)18-3-2-10-22-18/h2-7,10,15-17H,8-9,11-12H2,1H3. The first-order chi connectivity index (χ1) is 10.7. The number of carbonyl (C=O) groups is 1. The summed E-state index contributed by atoms with van der Waals surface area (Å²) in [5.41, 5.74) is 2.73. The largest absolute Gasteiger partial charge is 0.459 e. The molecule has 4 rings (SSSR count). The lowest BCUT2D eigenvalue weighted by atomic mass is 9.84. The molecule has 1 aromatic heterocycles. The van der Waals surface area contributed by atoms with Gasteiger partial charge in [-0.05, 0) is 56.2 Å². The zero-order valence-electron chi connectivity index (χ0n) is 12.9. The molecular formula is C19H21NO2. The van der Waals surface area contributed by atoms with Gasteiger partial charge in [0.05, 0.1) is 6.26 Å². The van der Waals surface area contributed by atoms with E-state index in [0.717, 1.165) is 25.7 Å². The Labute approximate surface area is 130 Å². The topological polar surface area (TPSA) is 33.5 Å². The van der Waals surface area contributed by atoms with Crippen LogP contribution in [0.1, 0.15) is 53.3 Å². The molecule has 3 nitrogen and oxygen atoms in total. The summed E-state index contributed by atoms with van der Waals surface area (Å²) in [5.74, 6) is 1.13. The Morgan fingerprint density at radius 1 is 1.09 bits per heavy atom. The molecular weight excluding hydrogens is 274 g/mol. The molecule has 114 valence electrons. The molecule has 3 heteroatoms. The van der Waals surface area contributed by atoms with Gasteiger partial charge in [-0.15, -0.1) is 0 Å². The predicted octanol–water partition coefficient (Wildman–Crippen LogP) is 4.14. The molecule has 1 aromatic carbocycles. The number of amides is 1. The highest BCUT2D eigenvalue weighted by molar-refractivity contribution is 5.92. The van der Waals surface area contributed by atoms with Crippen molar-refractivity contribution in [2.24, 2.45) is 0 Å². The van der Waals surface area contributed by atoms with Crippen molar-refractivity contribution in [2.45, 2.75) is 50.6 Å². The van der Waals surface area contributed by atoms with Crippen molar-refractivity contribution in [1.82, 2.24) is 4.90 Å². The van der Waals surface area contributed by atoms with E-state index < -0.39 is 0 Å². The number of hydrogen-bond donors (Lipinski definition) is 0. The van der Waals surface area contributed by atoms with Gasteiger partial charge in [0.2, 0.25) is 0 Å². The van der Waals surface area contributed by atoms with Gasteiger partial charge in [0, 0.05) is 12.1 Å². The summed E-state index contributed by atoms with van der Waals surface area (Å²) in [5, 5.41) is 0. The van der Waals surface area contributed by atoms with Gasteiger partial charge in [0.1, 0.15) is 0 Å². The van der Waals surface area contributed by atoms with Crippen molar-refractivity contribution in [3.63, 3.8) is 0 Å². The molecule has 0 saturated carbocycles. The number of hydrogen-bond acceptors (Lipinski definition) is 2. The third kappa shape index (κ3) is 2.25. The van der Waals surface area contributed by atoms with Crippen molar-refractivity contribution >= 4 is 5.91 Å². The normalized spacial score (nSPS) is 27.1. The zero-order valence-corrected chi connectivity index (χ0v) is 12.9. The van der Waals surface area contributed by atoms with Crippen LogP contribution in [0.2, 0.25) is 0 Å². The molecule has 2 unspecified atom stereocenters. The van der Waals surface area contributed by atoms with E-state index in [2.05, 4.69) is 36.1 Å². The molecule has 0 spiro atoms. The number of furan rings is 1. The first kappa shape index (κ1) is 13.6. The van der Waals surface area contributed by atoms with Crippen molar-refractivity contribution in [3.8, 4) is 0 Å². The van der Waals surface area contributed by atoms with E-state index in [1.165, 1.54) is 11.1 Å². The summed E-state index contributed by atoms with van der Waals surface area (Å²) in [6, 6.07) is 13.2. The fraction of sp³-hybridized carbons (Fsp3) is 0.421. The van der Waals surface area contributed by atoms with Gasteiger partial charge in [0.15, 0.2) is 5.76 Å². The van der Waals surface area contributed by atoms with E-state index in [4.69, 9.17) is 4.42 Å². The second-order valence-electron chi connectivity index (χ2n) is 6.65. The highest BCUT2D eigenvalue weighted by atomic mass is 16.3. The molecule has 3 heterocycles. The van der Waals surface area contributed by atoms with E-state index in [1.54, 1.807) is 18.4 Å². The minimum absolute atomic E-state index is 0.0693. The third-order valence-electron chi connectivity index (χ3n) is 5.25. The van der Waals surface area contributed by atoms with E-state index in [0.29, 0.717) is 23.8 Å². The van der Waals surface area contributed by atoms with Crippen LogP contribution in [-0.2, 0) is 0 Å². The number of benzene rings is 1. The quantitative estimate of drug-likeness (QED) is 0.834. The van der Waals surface area contributed by atoms with Gasteiger partial charge < -0.3 is 9.32 Å². The van der Waals surface area contributed by atoms with E-state index in [1.807, 2.05) is 0 Å². The Morgan fingerprint density at radius 2 is 1.77 bits per heavy atom. The highest BCUT2D eigenvalue weighted by Gasteiger charge is 2.44. The molecule has 2 aromatic rings. The van der Waals surface area contributed by atoms with Crippen LogP contribution in [0.15, 0.2) is 47.1 Å². The van der Waals surface area contributed by atoms with E-state index >= 15 is 0 Å². The molecule has 1 amide bonds. The zero-order chi connectivity index (χ0) is 15.1. The predicted molar refractivity (Wildman–Crippen MR) is 84.8 cm³/mol. The molecule has 22 heavy (non-hydrogen) atoms. The maximum absolute atomic E-state index is 12.6. The Kier molecular flexibility index (Phi) is 3.29. The average Bonchev–Trinajstić information content (AvgIpc) is 3.14. The molecule has 2 bridgehead atoms. The van der Waals surface area contributed by atoms with Crippen molar-refractivity contribution in [3.05, 3.63) is 59.5 Å². The second kappa shape index (κ2) is 5.31. The number of carbonyl (C=O) groups excluding carboxylic acids is 1.